The summed E-state index contributed by atoms with van der Waals surface area (Å²) in [5, 5.41) is 8.35. The summed E-state index contributed by atoms with van der Waals surface area (Å²) < 4.78 is 5.15. The van der Waals surface area contributed by atoms with Gasteiger partial charge in [-0.25, -0.2) is 4.79 Å². The summed E-state index contributed by atoms with van der Waals surface area (Å²) in [5.74, 6) is -0.269. The Labute approximate surface area is 176 Å². The van der Waals surface area contributed by atoms with Crippen molar-refractivity contribution in [3.8, 4) is 0 Å². The molecule has 1 unspecified atom stereocenters. The second-order valence-electron chi connectivity index (χ2n) is 6.58. The Hall–Kier alpha value is -2.63. The summed E-state index contributed by atoms with van der Waals surface area (Å²) in [5.41, 5.74) is 3.07. The lowest BCUT2D eigenvalue weighted by Crippen LogP contribution is -2.39. The highest BCUT2D eigenvalue weighted by atomic mass is 35.5. The second kappa shape index (κ2) is 10.8. The maximum absolute atomic E-state index is 12.1. The average molecular weight is 413 g/mol. The molecule has 0 bridgehead atoms. The number of carbonyl (C=O) groups is 1. The number of nitrogens with zero attached hydrogens (tertiary/aromatic N) is 1. The average Bonchev–Trinajstić information content (AvgIpc) is 2.76. The van der Waals surface area contributed by atoms with E-state index in [1.54, 1.807) is 6.92 Å². The maximum atomic E-state index is 12.1. The van der Waals surface area contributed by atoms with Crippen LogP contribution < -0.4 is 5.32 Å². The molecule has 2 aromatic rings. The van der Waals surface area contributed by atoms with E-state index in [4.69, 9.17) is 21.2 Å². The predicted molar refractivity (Wildman–Crippen MR) is 115 cm³/mol. The van der Waals surface area contributed by atoms with Crippen LogP contribution in [-0.2, 0) is 14.4 Å². The van der Waals surface area contributed by atoms with E-state index in [9.17, 15) is 4.79 Å². The van der Waals surface area contributed by atoms with Gasteiger partial charge in [0.05, 0.1) is 17.2 Å². The van der Waals surface area contributed by atoms with Gasteiger partial charge >= 0.3 is 5.97 Å². The zero-order valence-corrected chi connectivity index (χ0v) is 17.2. The lowest BCUT2D eigenvalue weighted by molar-refractivity contribution is -0.139. The number of halogens is 1. The highest BCUT2D eigenvalue weighted by Gasteiger charge is 2.24. The van der Waals surface area contributed by atoms with E-state index < -0.39 is 0 Å². The Morgan fingerprint density at radius 2 is 1.93 bits per heavy atom. The molecule has 0 saturated heterocycles. The third-order valence-electron chi connectivity index (χ3n) is 4.62. The molecule has 152 valence electrons. The lowest BCUT2D eigenvalue weighted by atomic mass is 9.99. The monoisotopic (exact) mass is 412 g/mol. The third kappa shape index (κ3) is 5.68. The van der Waals surface area contributed by atoms with Crippen LogP contribution in [0.25, 0.3) is 0 Å². The van der Waals surface area contributed by atoms with Crippen LogP contribution in [0.5, 0.6) is 0 Å². The fraction of sp³-hybridized carbons (Fsp3) is 0.304. The molecule has 1 aliphatic rings. The first-order chi connectivity index (χ1) is 14.2. The zero-order valence-electron chi connectivity index (χ0n) is 16.4. The highest BCUT2D eigenvalue weighted by molar-refractivity contribution is 6.35. The third-order valence-corrected chi connectivity index (χ3v) is 4.95. The van der Waals surface area contributed by atoms with E-state index >= 15 is 0 Å². The van der Waals surface area contributed by atoms with Gasteiger partial charge in [0.25, 0.3) is 0 Å². The number of rotatable bonds is 8. The fourth-order valence-electron chi connectivity index (χ4n) is 3.22. The van der Waals surface area contributed by atoms with Crippen LogP contribution in [0, 0.1) is 0 Å². The summed E-state index contributed by atoms with van der Waals surface area (Å²) in [6, 6.07) is 17.2. The molecular weight excluding hydrogens is 388 g/mol. The molecule has 5 nitrogen and oxygen atoms in total. The molecule has 0 amide bonds. The smallest absolute Gasteiger partial charge is 0.335 e. The van der Waals surface area contributed by atoms with Gasteiger partial charge in [-0.1, -0.05) is 71.4 Å². The van der Waals surface area contributed by atoms with Crippen LogP contribution in [0.2, 0.25) is 5.02 Å². The van der Waals surface area contributed by atoms with Crippen LogP contribution in [0.3, 0.4) is 0 Å². The first kappa shape index (κ1) is 21.1. The largest absolute Gasteiger partial charge is 0.463 e. The first-order valence-electron chi connectivity index (χ1n) is 9.81. The van der Waals surface area contributed by atoms with Crippen molar-refractivity contribution in [3.63, 3.8) is 0 Å². The van der Waals surface area contributed by atoms with E-state index in [1.807, 2.05) is 60.7 Å². The fourth-order valence-corrected chi connectivity index (χ4v) is 3.45. The maximum Gasteiger partial charge on any atom is 0.335 e. The van der Waals surface area contributed by atoms with Crippen molar-refractivity contribution in [2.45, 2.75) is 25.8 Å². The molecule has 0 radical (unpaired) electrons. The van der Waals surface area contributed by atoms with Crippen LogP contribution >= 0.6 is 11.6 Å². The number of hydrogen-bond donors (Lipinski definition) is 1. The van der Waals surface area contributed by atoms with E-state index in [1.165, 1.54) is 0 Å². The van der Waals surface area contributed by atoms with Gasteiger partial charge in [0, 0.05) is 23.6 Å². The van der Waals surface area contributed by atoms with Crippen molar-refractivity contribution in [1.82, 2.24) is 5.32 Å². The minimum Gasteiger partial charge on any atom is -0.463 e. The SMILES string of the molecule is CCOC(=O)C1=CCCNC1CCON=C(c1ccccc1)c1ccccc1Cl. The van der Waals surface area contributed by atoms with Crippen LogP contribution in [-0.4, -0.2) is 37.5 Å². The summed E-state index contributed by atoms with van der Waals surface area (Å²) in [6.07, 6.45) is 3.37. The number of hydrogen-bond acceptors (Lipinski definition) is 5. The van der Waals surface area contributed by atoms with E-state index in [2.05, 4.69) is 10.5 Å². The van der Waals surface area contributed by atoms with E-state index in [0.717, 1.165) is 24.1 Å². The van der Waals surface area contributed by atoms with Gasteiger partial charge in [-0.3, -0.25) is 0 Å². The highest BCUT2D eigenvalue weighted by Crippen LogP contribution is 2.20. The van der Waals surface area contributed by atoms with Gasteiger partial charge in [-0.15, -0.1) is 0 Å². The normalized spacial score (nSPS) is 16.8. The van der Waals surface area contributed by atoms with Crippen LogP contribution in [0.4, 0.5) is 0 Å². The minimum atomic E-state index is -0.269. The predicted octanol–water partition coefficient (Wildman–Crippen LogP) is 4.35. The molecule has 0 fully saturated rings. The molecule has 0 spiro atoms. The molecule has 6 heteroatoms. The van der Waals surface area contributed by atoms with Gasteiger partial charge in [-0.05, 0) is 26.0 Å². The molecule has 1 heterocycles. The Balaban J connectivity index is 1.70. The van der Waals surface area contributed by atoms with Crippen molar-refractivity contribution in [1.29, 1.82) is 0 Å². The van der Waals surface area contributed by atoms with Gasteiger partial charge in [0.1, 0.15) is 12.3 Å². The molecule has 1 atom stereocenters. The summed E-state index contributed by atoms with van der Waals surface area (Å²) in [6.45, 7) is 3.35. The number of carbonyl (C=O) groups excluding carboxylic acids is 1. The van der Waals surface area contributed by atoms with E-state index in [-0.39, 0.29) is 12.0 Å². The molecule has 0 aromatic heterocycles. The van der Waals surface area contributed by atoms with Crippen molar-refractivity contribution < 1.29 is 14.4 Å². The first-order valence-corrected chi connectivity index (χ1v) is 10.2. The van der Waals surface area contributed by atoms with Gasteiger partial charge in [0.2, 0.25) is 0 Å². The zero-order chi connectivity index (χ0) is 20.5. The Kier molecular flexibility index (Phi) is 7.85. The van der Waals surface area contributed by atoms with Gasteiger partial charge in [0.15, 0.2) is 0 Å². The Morgan fingerprint density at radius 1 is 1.17 bits per heavy atom. The quantitative estimate of drug-likeness (QED) is 0.303. The van der Waals surface area contributed by atoms with Crippen LogP contribution in [0.1, 0.15) is 30.9 Å². The van der Waals surface area contributed by atoms with Crippen molar-refractivity contribution in [2.75, 3.05) is 19.8 Å². The molecule has 0 saturated carbocycles. The molecular formula is C23H25ClN2O3. The molecule has 0 aliphatic carbocycles. The molecule has 29 heavy (non-hydrogen) atoms. The molecule has 3 rings (SSSR count). The number of esters is 1. The summed E-state index contributed by atoms with van der Waals surface area (Å²) >= 11 is 6.38. The number of ether oxygens (including phenoxy) is 1. The van der Waals surface area contributed by atoms with Gasteiger partial charge in [-0.2, -0.15) is 0 Å². The molecule has 2 aromatic carbocycles. The van der Waals surface area contributed by atoms with E-state index in [0.29, 0.717) is 35.9 Å². The van der Waals surface area contributed by atoms with Crippen molar-refractivity contribution in [2.24, 2.45) is 5.16 Å². The molecule has 1 aliphatic heterocycles. The van der Waals surface area contributed by atoms with Crippen molar-refractivity contribution >= 4 is 23.3 Å². The van der Waals surface area contributed by atoms with Gasteiger partial charge < -0.3 is 14.9 Å². The van der Waals surface area contributed by atoms with Crippen molar-refractivity contribution in [3.05, 3.63) is 82.4 Å². The lowest BCUT2D eigenvalue weighted by Gasteiger charge is -2.24. The summed E-state index contributed by atoms with van der Waals surface area (Å²) in [7, 11) is 0. The standard InChI is InChI=1S/C23H25ClN2O3/c1-2-28-23(27)19-12-8-15-25-21(19)14-16-29-26-22(17-9-4-3-5-10-17)18-11-6-7-13-20(18)24/h3-7,9-13,21,25H,2,8,14-16H2,1H3. The van der Waals surface area contributed by atoms with Crippen LogP contribution in [0.15, 0.2) is 71.4 Å². The minimum absolute atomic E-state index is 0.0986. The number of nitrogens with one attached hydrogen (secondary N) is 1. The summed E-state index contributed by atoms with van der Waals surface area (Å²) in [4.78, 5) is 17.8. The molecule has 1 N–H and O–H groups in total. The Morgan fingerprint density at radius 3 is 2.69 bits per heavy atom. The number of oxime groups is 1. The number of benzene rings is 2. The Bertz CT molecular complexity index is 881. The topological polar surface area (TPSA) is 59.9 Å². The second-order valence-corrected chi connectivity index (χ2v) is 6.99.